The molecular formula is C25H32N2O2. The number of rotatable bonds is 6. The Labute approximate surface area is 174 Å². The lowest BCUT2D eigenvalue weighted by atomic mass is 9.74. The number of hydrogen-bond donors (Lipinski definition) is 0. The predicted molar refractivity (Wildman–Crippen MR) is 118 cm³/mol. The summed E-state index contributed by atoms with van der Waals surface area (Å²) in [5.41, 5.74) is 1.46. The van der Waals surface area contributed by atoms with Gasteiger partial charge in [0.15, 0.2) is 0 Å². The number of anilines is 1. The third-order valence-electron chi connectivity index (χ3n) is 6.14. The topological polar surface area (TPSA) is 40.6 Å². The molecule has 2 amide bonds. The molecule has 29 heavy (non-hydrogen) atoms. The molecule has 0 aliphatic carbocycles. The van der Waals surface area contributed by atoms with E-state index < -0.39 is 5.41 Å². The fraction of sp³-hybridized carbons (Fsp3) is 0.440. The number of benzene rings is 2. The van der Waals surface area contributed by atoms with E-state index in [1.807, 2.05) is 79.1 Å². The Bertz CT molecular complexity index is 832. The maximum atomic E-state index is 13.5. The standard InChI is InChI=1S/C25H32N2O2/c1-5-23(28)27(21-14-10-7-11-15-21)22-18-19(2)26(24(29)25(22,3)4)17-16-20-12-8-6-9-13-20/h6-15,19,22H,5,16-18H2,1-4H3. The summed E-state index contributed by atoms with van der Waals surface area (Å²) in [4.78, 5) is 30.3. The summed E-state index contributed by atoms with van der Waals surface area (Å²) >= 11 is 0. The zero-order valence-electron chi connectivity index (χ0n) is 18.0. The number of hydrogen-bond acceptors (Lipinski definition) is 2. The summed E-state index contributed by atoms with van der Waals surface area (Å²) in [5, 5.41) is 0. The van der Waals surface area contributed by atoms with Crippen LogP contribution in [0.4, 0.5) is 5.69 Å². The predicted octanol–water partition coefficient (Wildman–Crippen LogP) is 4.69. The second-order valence-corrected chi connectivity index (χ2v) is 8.51. The quantitative estimate of drug-likeness (QED) is 0.716. The van der Waals surface area contributed by atoms with Crippen molar-refractivity contribution in [2.24, 2.45) is 5.41 Å². The van der Waals surface area contributed by atoms with Gasteiger partial charge in [0.1, 0.15) is 0 Å². The van der Waals surface area contributed by atoms with Gasteiger partial charge in [-0.3, -0.25) is 9.59 Å². The summed E-state index contributed by atoms with van der Waals surface area (Å²) in [6.07, 6.45) is 2.03. The van der Waals surface area contributed by atoms with Crippen LogP contribution in [-0.4, -0.2) is 35.3 Å². The first-order valence-corrected chi connectivity index (χ1v) is 10.6. The summed E-state index contributed by atoms with van der Waals surface area (Å²) in [7, 11) is 0. The highest BCUT2D eigenvalue weighted by molar-refractivity contribution is 5.96. The number of likely N-dealkylation sites (tertiary alicyclic amines) is 1. The van der Waals surface area contributed by atoms with Gasteiger partial charge in [0.2, 0.25) is 11.8 Å². The average Bonchev–Trinajstić information content (AvgIpc) is 2.73. The molecule has 2 atom stereocenters. The van der Waals surface area contributed by atoms with Crippen molar-refractivity contribution < 1.29 is 9.59 Å². The van der Waals surface area contributed by atoms with Crippen molar-refractivity contribution in [1.29, 1.82) is 0 Å². The van der Waals surface area contributed by atoms with E-state index in [1.165, 1.54) is 5.56 Å². The molecule has 1 fully saturated rings. The number of piperidine rings is 1. The van der Waals surface area contributed by atoms with E-state index in [-0.39, 0.29) is 23.9 Å². The van der Waals surface area contributed by atoms with Crippen molar-refractivity contribution in [3.8, 4) is 0 Å². The van der Waals surface area contributed by atoms with Crippen LogP contribution >= 0.6 is 0 Å². The first-order valence-electron chi connectivity index (χ1n) is 10.6. The molecule has 0 spiro atoms. The zero-order chi connectivity index (χ0) is 21.0. The second-order valence-electron chi connectivity index (χ2n) is 8.51. The molecule has 154 valence electrons. The highest BCUT2D eigenvalue weighted by atomic mass is 16.2. The van der Waals surface area contributed by atoms with E-state index in [1.54, 1.807) is 0 Å². The van der Waals surface area contributed by atoms with Crippen molar-refractivity contribution >= 4 is 17.5 Å². The molecule has 1 heterocycles. The molecular weight excluding hydrogens is 360 g/mol. The maximum absolute atomic E-state index is 13.5. The van der Waals surface area contributed by atoms with E-state index in [9.17, 15) is 9.59 Å². The van der Waals surface area contributed by atoms with E-state index in [0.717, 1.165) is 18.5 Å². The number of nitrogens with zero attached hydrogens (tertiary/aromatic N) is 2. The molecule has 0 bridgehead atoms. The largest absolute Gasteiger partial charge is 0.339 e. The molecule has 1 saturated heterocycles. The average molecular weight is 393 g/mol. The van der Waals surface area contributed by atoms with E-state index in [2.05, 4.69) is 19.1 Å². The van der Waals surface area contributed by atoms with Gasteiger partial charge in [-0.1, -0.05) is 55.5 Å². The second kappa shape index (κ2) is 8.81. The lowest BCUT2D eigenvalue weighted by molar-refractivity contribution is -0.149. The van der Waals surface area contributed by atoms with Crippen LogP contribution in [-0.2, 0) is 16.0 Å². The zero-order valence-corrected chi connectivity index (χ0v) is 18.0. The monoisotopic (exact) mass is 392 g/mol. The molecule has 0 saturated carbocycles. The minimum absolute atomic E-state index is 0.0620. The van der Waals surface area contributed by atoms with Crippen LogP contribution in [0, 0.1) is 5.41 Å². The van der Waals surface area contributed by atoms with Gasteiger partial charge in [-0.05, 0) is 51.3 Å². The minimum atomic E-state index is -0.649. The van der Waals surface area contributed by atoms with Gasteiger partial charge in [-0.25, -0.2) is 0 Å². The maximum Gasteiger partial charge on any atom is 0.230 e. The molecule has 0 N–H and O–H groups in total. The Hall–Kier alpha value is -2.62. The van der Waals surface area contributed by atoms with E-state index >= 15 is 0 Å². The molecule has 1 aliphatic heterocycles. The summed E-state index contributed by atoms with van der Waals surface area (Å²) in [6.45, 7) is 8.66. The fourth-order valence-corrected chi connectivity index (χ4v) is 4.36. The Balaban J connectivity index is 1.85. The van der Waals surface area contributed by atoms with Crippen LogP contribution in [0.2, 0.25) is 0 Å². The van der Waals surface area contributed by atoms with E-state index in [0.29, 0.717) is 13.0 Å². The molecule has 2 aromatic carbocycles. The van der Waals surface area contributed by atoms with Crippen molar-refractivity contribution in [1.82, 2.24) is 4.90 Å². The third-order valence-corrected chi connectivity index (χ3v) is 6.14. The summed E-state index contributed by atoms with van der Waals surface area (Å²) in [5.74, 6) is 0.189. The Morgan fingerprint density at radius 1 is 1.07 bits per heavy atom. The molecule has 2 unspecified atom stereocenters. The first-order chi connectivity index (χ1) is 13.9. The van der Waals surface area contributed by atoms with Gasteiger partial charge in [-0.15, -0.1) is 0 Å². The smallest absolute Gasteiger partial charge is 0.230 e. The third kappa shape index (κ3) is 4.36. The lowest BCUT2D eigenvalue weighted by Gasteiger charge is -2.50. The highest BCUT2D eigenvalue weighted by Crippen LogP contribution is 2.39. The number of amides is 2. The van der Waals surface area contributed by atoms with Crippen LogP contribution in [0.15, 0.2) is 60.7 Å². The first kappa shape index (κ1) is 21.1. The summed E-state index contributed by atoms with van der Waals surface area (Å²) in [6, 6.07) is 20.0. The van der Waals surface area contributed by atoms with Gasteiger partial charge >= 0.3 is 0 Å². The van der Waals surface area contributed by atoms with E-state index in [4.69, 9.17) is 0 Å². The van der Waals surface area contributed by atoms with Crippen LogP contribution in [0.3, 0.4) is 0 Å². The van der Waals surface area contributed by atoms with Crippen LogP contribution in [0.5, 0.6) is 0 Å². The van der Waals surface area contributed by atoms with Crippen molar-refractivity contribution in [3.05, 3.63) is 66.2 Å². The van der Waals surface area contributed by atoms with Gasteiger partial charge < -0.3 is 9.80 Å². The molecule has 0 aromatic heterocycles. The van der Waals surface area contributed by atoms with Crippen LogP contribution in [0.25, 0.3) is 0 Å². The molecule has 3 rings (SSSR count). The van der Waals surface area contributed by atoms with Crippen molar-refractivity contribution in [3.63, 3.8) is 0 Å². The van der Waals surface area contributed by atoms with Crippen molar-refractivity contribution in [2.75, 3.05) is 11.4 Å². The Kier molecular flexibility index (Phi) is 6.41. The summed E-state index contributed by atoms with van der Waals surface area (Å²) < 4.78 is 0. The molecule has 0 radical (unpaired) electrons. The Morgan fingerprint density at radius 3 is 2.24 bits per heavy atom. The SMILES string of the molecule is CCC(=O)N(c1ccccc1)C1CC(C)N(CCc2ccccc2)C(=O)C1(C)C. The van der Waals surface area contributed by atoms with Crippen LogP contribution in [0.1, 0.15) is 46.1 Å². The normalized spacial score (nSPS) is 21.1. The lowest BCUT2D eigenvalue weighted by Crippen LogP contribution is -2.63. The van der Waals surface area contributed by atoms with Gasteiger partial charge in [0.25, 0.3) is 0 Å². The van der Waals surface area contributed by atoms with Crippen molar-refractivity contribution in [2.45, 2.75) is 59.0 Å². The number of carbonyl (C=O) groups is 2. The number of para-hydroxylation sites is 1. The molecule has 1 aliphatic rings. The van der Waals surface area contributed by atoms with Gasteiger partial charge in [0, 0.05) is 24.7 Å². The number of carbonyl (C=O) groups excluding carboxylic acids is 2. The fourth-order valence-electron chi connectivity index (χ4n) is 4.36. The minimum Gasteiger partial charge on any atom is -0.339 e. The van der Waals surface area contributed by atoms with Gasteiger partial charge in [0.05, 0.1) is 11.5 Å². The highest BCUT2D eigenvalue weighted by Gasteiger charge is 2.49. The van der Waals surface area contributed by atoms with Crippen LogP contribution < -0.4 is 4.90 Å². The molecule has 4 heteroatoms. The Morgan fingerprint density at radius 2 is 1.66 bits per heavy atom. The molecule has 4 nitrogen and oxygen atoms in total. The molecule has 2 aromatic rings. The van der Waals surface area contributed by atoms with Gasteiger partial charge in [-0.2, -0.15) is 0 Å².